The highest BCUT2D eigenvalue weighted by Crippen LogP contribution is 2.33. The van der Waals surface area contributed by atoms with Crippen LogP contribution in [0.3, 0.4) is 0 Å². The van der Waals surface area contributed by atoms with E-state index in [1.807, 2.05) is 13.0 Å². The van der Waals surface area contributed by atoms with Gasteiger partial charge in [-0.15, -0.1) is 0 Å². The standard InChI is InChI=1S/C19H29N3O2/c1-14(19(23)21-11-17-8-5-9-24-17)22-12-16(10-20)18(13-22)15-6-3-2-4-7-15/h2-4,6-7,14,16-18H,5,8-13,20H2,1H3,(H,21,23)/t14?,16-,17?,18+/m1/s1. The Morgan fingerprint density at radius 1 is 1.38 bits per heavy atom. The van der Waals surface area contributed by atoms with Gasteiger partial charge in [0.2, 0.25) is 5.91 Å². The molecule has 2 saturated heterocycles. The molecule has 24 heavy (non-hydrogen) atoms. The van der Waals surface area contributed by atoms with Gasteiger partial charge >= 0.3 is 0 Å². The fraction of sp³-hybridized carbons (Fsp3) is 0.632. The average Bonchev–Trinajstić information content (AvgIpc) is 3.29. The molecule has 2 unspecified atom stereocenters. The zero-order valence-corrected chi connectivity index (χ0v) is 14.5. The number of nitrogens with one attached hydrogen (secondary N) is 1. The van der Waals surface area contributed by atoms with Gasteiger partial charge in [-0.05, 0) is 37.8 Å². The summed E-state index contributed by atoms with van der Waals surface area (Å²) in [7, 11) is 0. The summed E-state index contributed by atoms with van der Waals surface area (Å²) in [4.78, 5) is 14.7. The van der Waals surface area contributed by atoms with Crippen molar-refractivity contribution in [3.05, 3.63) is 35.9 Å². The largest absolute Gasteiger partial charge is 0.376 e. The molecule has 1 aromatic rings. The Morgan fingerprint density at radius 2 is 2.17 bits per heavy atom. The molecule has 5 heteroatoms. The Balaban J connectivity index is 1.56. The number of hydrogen-bond acceptors (Lipinski definition) is 4. The molecule has 0 saturated carbocycles. The number of hydrogen-bond donors (Lipinski definition) is 2. The number of rotatable bonds is 6. The lowest BCUT2D eigenvalue weighted by Crippen LogP contribution is -2.46. The summed E-state index contributed by atoms with van der Waals surface area (Å²) in [6.07, 6.45) is 2.33. The van der Waals surface area contributed by atoms with E-state index in [1.54, 1.807) is 0 Å². The van der Waals surface area contributed by atoms with E-state index in [0.717, 1.165) is 32.5 Å². The van der Waals surface area contributed by atoms with E-state index in [4.69, 9.17) is 10.5 Å². The number of likely N-dealkylation sites (tertiary alicyclic amines) is 1. The predicted molar refractivity (Wildman–Crippen MR) is 94.7 cm³/mol. The summed E-state index contributed by atoms with van der Waals surface area (Å²) in [5.41, 5.74) is 7.32. The molecule has 1 aromatic carbocycles. The summed E-state index contributed by atoms with van der Waals surface area (Å²) in [6, 6.07) is 10.4. The number of nitrogens with zero attached hydrogens (tertiary/aromatic N) is 1. The van der Waals surface area contributed by atoms with Gasteiger partial charge in [0.25, 0.3) is 0 Å². The number of carbonyl (C=O) groups excluding carboxylic acids is 1. The summed E-state index contributed by atoms with van der Waals surface area (Å²) in [6.45, 7) is 5.86. The molecule has 1 amide bonds. The SMILES string of the molecule is CC(C(=O)NCC1CCCO1)N1C[C@@H](CN)[C@H](c2ccccc2)C1. The molecular formula is C19H29N3O2. The van der Waals surface area contributed by atoms with Crippen molar-refractivity contribution in [2.24, 2.45) is 11.7 Å². The minimum Gasteiger partial charge on any atom is -0.376 e. The van der Waals surface area contributed by atoms with Crippen molar-refractivity contribution < 1.29 is 9.53 Å². The monoisotopic (exact) mass is 331 g/mol. The first-order valence-electron chi connectivity index (χ1n) is 9.07. The van der Waals surface area contributed by atoms with Crippen molar-refractivity contribution in [2.75, 3.05) is 32.8 Å². The fourth-order valence-corrected chi connectivity index (χ4v) is 3.87. The number of amides is 1. The maximum atomic E-state index is 12.5. The topological polar surface area (TPSA) is 67.6 Å². The molecule has 2 heterocycles. The Kier molecular flexibility index (Phi) is 5.87. The molecule has 2 aliphatic heterocycles. The molecular weight excluding hydrogens is 302 g/mol. The van der Waals surface area contributed by atoms with Crippen LogP contribution in [0.1, 0.15) is 31.2 Å². The molecule has 0 spiro atoms. The molecule has 0 bridgehead atoms. The van der Waals surface area contributed by atoms with Crippen LogP contribution in [0.4, 0.5) is 0 Å². The Bertz CT molecular complexity index is 531. The lowest BCUT2D eigenvalue weighted by Gasteiger charge is -2.24. The van der Waals surface area contributed by atoms with Gasteiger partial charge in [-0.2, -0.15) is 0 Å². The molecule has 3 rings (SSSR count). The zero-order chi connectivity index (χ0) is 16.9. The zero-order valence-electron chi connectivity index (χ0n) is 14.5. The third-order valence-electron chi connectivity index (χ3n) is 5.45. The van der Waals surface area contributed by atoms with Crippen molar-refractivity contribution in [3.63, 3.8) is 0 Å². The van der Waals surface area contributed by atoms with Crippen molar-refractivity contribution in [3.8, 4) is 0 Å². The molecule has 5 nitrogen and oxygen atoms in total. The minimum atomic E-state index is -0.130. The van der Waals surface area contributed by atoms with Crippen LogP contribution in [-0.4, -0.2) is 55.7 Å². The van der Waals surface area contributed by atoms with Gasteiger partial charge in [-0.25, -0.2) is 0 Å². The van der Waals surface area contributed by atoms with Gasteiger partial charge in [-0.1, -0.05) is 30.3 Å². The Morgan fingerprint density at radius 3 is 2.83 bits per heavy atom. The molecule has 0 aromatic heterocycles. The van der Waals surface area contributed by atoms with Crippen LogP contribution in [0.5, 0.6) is 0 Å². The third-order valence-corrected chi connectivity index (χ3v) is 5.45. The summed E-state index contributed by atoms with van der Waals surface area (Å²) >= 11 is 0. The van der Waals surface area contributed by atoms with Crippen molar-refractivity contribution in [1.29, 1.82) is 0 Å². The fourth-order valence-electron chi connectivity index (χ4n) is 3.87. The normalized spacial score (nSPS) is 28.8. The molecule has 3 N–H and O–H groups in total. The third kappa shape index (κ3) is 3.97. The number of ether oxygens (including phenoxy) is 1. The smallest absolute Gasteiger partial charge is 0.237 e. The second kappa shape index (κ2) is 8.10. The predicted octanol–water partition coefficient (Wildman–Crippen LogP) is 1.34. The lowest BCUT2D eigenvalue weighted by molar-refractivity contribution is -0.126. The second-order valence-corrected chi connectivity index (χ2v) is 7.02. The van der Waals surface area contributed by atoms with Crippen LogP contribution in [0, 0.1) is 5.92 Å². The van der Waals surface area contributed by atoms with Crippen LogP contribution < -0.4 is 11.1 Å². The maximum Gasteiger partial charge on any atom is 0.237 e. The second-order valence-electron chi connectivity index (χ2n) is 7.02. The van der Waals surface area contributed by atoms with Crippen molar-refractivity contribution >= 4 is 5.91 Å². The van der Waals surface area contributed by atoms with Crippen molar-refractivity contribution in [1.82, 2.24) is 10.2 Å². The molecule has 2 aliphatic rings. The molecule has 132 valence electrons. The summed E-state index contributed by atoms with van der Waals surface area (Å²) in [5, 5.41) is 3.05. The van der Waals surface area contributed by atoms with E-state index < -0.39 is 0 Å². The summed E-state index contributed by atoms with van der Waals surface area (Å²) in [5.74, 6) is 0.903. The van der Waals surface area contributed by atoms with Gasteiger partial charge in [0, 0.05) is 32.2 Å². The van der Waals surface area contributed by atoms with Crippen LogP contribution in [0.15, 0.2) is 30.3 Å². The molecule has 4 atom stereocenters. The first-order valence-corrected chi connectivity index (χ1v) is 9.07. The van der Waals surface area contributed by atoms with E-state index in [2.05, 4.69) is 34.5 Å². The summed E-state index contributed by atoms with van der Waals surface area (Å²) < 4.78 is 5.57. The van der Waals surface area contributed by atoms with Gasteiger partial charge in [0.15, 0.2) is 0 Å². The van der Waals surface area contributed by atoms with Gasteiger partial charge in [0.1, 0.15) is 0 Å². The Hall–Kier alpha value is -1.43. The highest BCUT2D eigenvalue weighted by atomic mass is 16.5. The van der Waals surface area contributed by atoms with Crippen LogP contribution in [0.25, 0.3) is 0 Å². The highest BCUT2D eigenvalue weighted by Gasteiger charge is 2.36. The molecule has 2 fully saturated rings. The van der Waals surface area contributed by atoms with Crippen LogP contribution in [0.2, 0.25) is 0 Å². The van der Waals surface area contributed by atoms with Crippen molar-refractivity contribution in [2.45, 2.75) is 37.8 Å². The van der Waals surface area contributed by atoms with E-state index in [0.29, 0.717) is 24.9 Å². The number of nitrogens with two attached hydrogens (primary N) is 1. The van der Waals surface area contributed by atoms with E-state index in [-0.39, 0.29) is 18.1 Å². The van der Waals surface area contributed by atoms with Gasteiger partial charge < -0.3 is 15.8 Å². The van der Waals surface area contributed by atoms with E-state index >= 15 is 0 Å². The highest BCUT2D eigenvalue weighted by molar-refractivity contribution is 5.81. The lowest BCUT2D eigenvalue weighted by atomic mass is 9.89. The number of benzene rings is 1. The van der Waals surface area contributed by atoms with Crippen LogP contribution >= 0.6 is 0 Å². The minimum absolute atomic E-state index is 0.0926. The first kappa shape index (κ1) is 17.4. The quantitative estimate of drug-likeness (QED) is 0.826. The Labute approximate surface area is 144 Å². The van der Waals surface area contributed by atoms with E-state index in [1.165, 1.54) is 5.56 Å². The van der Waals surface area contributed by atoms with Gasteiger partial charge in [-0.3, -0.25) is 9.69 Å². The van der Waals surface area contributed by atoms with Gasteiger partial charge in [0.05, 0.1) is 12.1 Å². The maximum absolute atomic E-state index is 12.5. The first-order chi connectivity index (χ1) is 11.7. The van der Waals surface area contributed by atoms with Crippen LogP contribution in [-0.2, 0) is 9.53 Å². The molecule has 0 radical (unpaired) electrons. The van der Waals surface area contributed by atoms with E-state index in [9.17, 15) is 4.79 Å². The number of carbonyl (C=O) groups is 1. The average molecular weight is 331 g/mol. The molecule has 0 aliphatic carbocycles.